The van der Waals surface area contributed by atoms with Crippen molar-refractivity contribution in [1.29, 1.82) is 0 Å². The molecule has 124 valence electrons. The molecule has 0 spiro atoms. The maximum Gasteiger partial charge on any atom is 0.355 e. The van der Waals surface area contributed by atoms with Crippen molar-refractivity contribution in [3.05, 3.63) is 57.7 Å². The highest BCUT2D eigenvalue weighted by atomic mass is 79.9. The molecule has 3 rings (SSSR count). The van der Waals surface area contributed by atoms with Crippen LogP contribution in [-0.4, -0.2) is 17.6 Å². The molecule has 0 atom stereocenters. The van der Waals surface area contributed by atoms with E-state index in [9.17, 15) is 4.79 Å². The Kier molecular flexibility index (Phi) is 5.01. The summed E-state index contributed by atoms with van der Waals surface area (Å²) >= 11 is 5.10. The number of carbonyl (C=O) groups is 1. The molecule has 0 saturated heterocycles. The number of halogens is 1. The van der Waals surface area contributed by atoms with Crippen molar-refractivity contribution in [3.63, 3.8) is 0 Å². The third kappa shape index (κ3) is 3.52. The Bertz CT molecular complexity index is 897. The minimum Gasteiger partial charge on any atom is -0.461 e. The van der Waals surface area contributed by atoms with Gasteiger partial charge in [0, 0.05) is 20.3 Å². The summed E-state index contributed by atoms with van der Waals surface area (Å²) in [6.07, 6.45) is 0. The van der Waals surface area contributed by atoms with Crippen molar-refractivity contribution in [3.8, 4) is 0 Å². The fraction of sp³-hybridized carbons (Fsp3) is 0.211. The van der Waals surface area contributed by atoms with Gasteiger partial charge < -0.3 is 9.72 Å². The van der Waals surface area contributed by atoms with Crippen LogP contribution in [0.5, 0.6) is 0 Å². The van der Waals surface area contributed by atoms with Crippen LogP contribution in [0.25, 0.3) is 10.9 Å². The Morgan fingerprint density at radius 2 is 1.88 bits per heavy atom. The molecular formula is C19H18BrNO2S. The summed E-state index contributed by atoms with van der Waals surface area (Å²) in [5, 5.41) is 1.01. The third-order valence-electron chi connectivity index (χ3n) is 3.61. The summed E-state index contributed by atoms with van der Waals surface area (Å²) in [7, 11) is 0. The van der Waals surface area contributed by atoms with Crippen molar-refractivity contribution >= 4 is 44.6 Å². The van der Waals surface area contributed by atoms with E-state index in [-0.39, 0.29) is 5.97 Å². The van der Waals surface area contributed by atoms with E-state index in [1.165, 1.54) is 11.1 Å². The molecule has 5 heteroatoms. The lowest BCUT2D eigenvalue weighted by atomic mass is 10.2. The first-order chi connectivity index (χ1) is 11.5. The molecule has 0 bridgehead atoms. The second-order valence-electron chi connectivity index (χ2n) is 5.66. The fourth-order valence-corrected chi connectivity index (χ4v) is 4.30. The number of benzene rings is 2. The summed E-state index contributed by atoms with van der Waals surface area (Å²) in [6.45, 7) is 6.32. The van der Waals surface area contributed by atoms with Crippen molar-refractivity contribution in [2.24, 2.45) is 0 Å². The highest BCUT2D eigenvalue weighted by Gasteiger charge is 2.20. The van der Waals surface area contributed by atoms with Crippen LogP contribution in [0.4, 0.5) is 0 Å². The predicted octanol–water partition coefficient (Wildman–Crippen LogP) is 5.88. The Labute approximate surface area is 153 Å². The van der Waals surface area contributed by atoms with Gasteiger partial charge in [-0.05, 0) is 62.2 Å². The summed E-state index contributed by atoms with van der Waals surface area (Å²) in [5.41, 5.74) is 3.84. The van der Waals surface area contributed by atoms with Gasteiger partial charge in [0.2, 0.25) is 0 Å². The Morgan fingerprint density at radius 1 is 1.17 bits per heavy atom. The van der Waals surface area contributed by atoms with Crippen LogP contribution in [0.2, 0.25) is 0 Å². The van der Waals surface area contributed by atoms with Crippen LogP contribution in [0, 0.1) is 13.8 Å². The highest BCUT2D eigenvalue weighted by Crippen LogP contribution is 2.38. The second kappa shape index (κ2) is 7.03. The molecule has 3 nitrogen and oxygen atoms in total. The molecule has 1 N–H and O–H groups in total. The van der Waals surface area contributed by atoms with Crippen molar-refractivity contribution in [2.75, 3.05) is 6.61 Å². The number of esters is 1. The van der Waals surface area contributed by atoms with Crippen LogP contribution >= 0.6 is 27.7 Å². The number of aromatic amines is 1. The maximum atomic E-state index is 12.4. The summed E-state index contributed by atoms with van der Waals surface area (Å²) in [4.78, 5) is 17.6. The van der Waals surface area contributed by atoms with Crippen molar-refractivity contribution < 1.29 is 9.53 Å². The molecule has 0 aliphatic carbocycles. The zero-order valence-corrected chi connectivity index (χ0v) is 16.2. The lowest BCUT2D eigenvalue weighted by molar-refractivity contribution is 0.0516. The van der Waals surface area contributed by atoms with Gasteiger partial charge in [-0.3, -0.25) is 0 Å². The normalized spacial score (nSPS) is 11.0. The van der Waals surface area contributed by atoms with Gasteiger partial charge in [-0.15, -0.1) is 0 Å². The smallest absolute Gasteiger partial charge is 0.355 e. The third-order valence-corrected chi connectivity index (χ3v) is 5.20. The van der Waals surface area contributed by atoms with Gasteiger partial charge in [-0.1, -0.05) is 33.8 Å². The number of ether oxygens (including phenoxy) is 1. The molecule has 2 aromatic carbocycles. The van der Waals surface area contributed by atoms with E-state index in [2.05, 4.69) is 53.0 Å². The van der Waals surface area contributed by atoms with E-state index >= 15 is 0 Å². The molecule has 24 heavy (non-hydrogen) atoms. The molecule has 1 heterocycles. The van der Waals surface area contributed by atoms with Gasteiger partial charge in [-0.2, -0.15) is 0 Å². The molecule has 3 aromatic rings. The average Bonchev–Trinajstić information content (AvgIpc) is 2.85. The number of H-pyrrole nitrogens is 1. The lowest BCUT2D eigenvalue weighted by Crippen LogP contribution is -2.06. The van der Waals surface area contributed by atoms with Crippen molar-refractivity contribution in [2.45, 2.75) is 30.6 Å². The molecule has 0 aliphatic heterocycles. The standard InChI is InChI=1S/C19H18BrNO2S/c1-4-23-19(22)17-18(15-10-13(20)5-6-16(15)21-17)24-14-8-11(2)7-12(3)9-14/h5-10,21H,4H2,1-3H3. The summed E-state index contributed by atoms with van der Waals surface area (Å²) in [6, 6.07) is 12.3. The lowest BCUT2D eigenvalue weighted by Gasteiger charge is -2.07. The number of aryl methyl sites for hydroxylation is 2. The number of aromatic nitrogens is 1. The average molecular weight is 404 g/mol. The Balaban J connectivity index is 2.14. The highest BCUT2D eigenvalue weighted by molar-refractivity contribution is 9.10. The van der Waals surface area contributed by atoms with Gasteiger partial charge in [0.05, 0.1) is 11.5 Å². The van der Waals surface area contributed by atoms with Crippen LogP contribution in [0.3, 0.4) is 0 Å². The largest absolute Gasteiger partial charge is 0.461 e. The quantitative estimate of drug-likeness (QED) is 0.553. The monoisotopic (exact) mass is 403 g/mol. The molecule has 0 radical (unpaired) electrons. The van der Waals surface area contributed by atoms with E-state index in [0.717, 1.165) is 25.2 Å². The van der Waals surface area contributed by atoms with Crippen LogP contribution in [0.1, 0.15) is 28.5 Å². The second-order valence-corrected chi connectivity index (χ2v) is 7.66. The predicted molar refractivity (Wildman–Crippen MR) is 102 cm³/mol. The van der Waals surface area contributed by atoms with Crippen LogP contribution in [-0.2, 0) is 4.74 Å². The van der Waals surface area contributed by atoms with Gasteiger partial charge in [0.1, 0.15) is 5.69 Å². The van der Waals surface area contributed by atoms with Gasteiger partial charge in [0.15, 0.2) is 0 Å². The minimum atomic E-state index is -0.323. The molecule has 1 aromatic heterocycles. The number of rotatable bonds is 4. The molecule has 0 fully saturated rings. The van der Waals surface area contributed by atoms with Crippen molar-refractivity contribution in [1.82, 2.24) is 4.98 Å². The van der Waals surface area contributed by atoms with Crippen LogP contribution < -0.4 is 0 Å². The first-order valence-electron chi connectivity index (χ1n) is 7.72. The molecule has 0 unspecified atom stereocenters. The van der Waals surface area contributed by atoms with E-state index in [1.54, 1.807) is 11.8 Å². The summed E-state index contributed by atoms with van der Waals surface area (Å²) < 4.78 is 6.20. The number of carbonyl (C=O) groups excluding carboxylic acids is 1. The summed E-state index contributed by atoms with van der Waals surface area (Å²) in [5.74, 6) is -0.323. The van der Waals surface area contributed by atoms with E-state index in [0.29, 0.717) is 12.3 Å². The molecular weight excluding hydrogens is 386 g/mol. The minimum absolute atomic E-state index is 0.323. The van der Waals surface area contributed by atoms with Gasteiger partial charge in [-0.25, -0.2) is 4.79 Å². The number of fused-ring (bicyclic) bond motifs is 1. The number of hydrogen-bond acceptors (Lipinski definition) is 3. The topological polar surface area (TPSA) is 42.1 Å². The first kappa shape index (κ1) is 17.1. The van der Waals surface area contributed by atoms with E-state index in [4.69, 9.17) is 4.74 Å². The molecule has 0 aliphatic rings. The van der Waals surface area contributed by atoms with Gasteiger partial charge >= 0.3 is 5.97 Å². The molecule has 0 amide bonds. The Hall–Kier alpha value is -1.72. The fourth-order valence-electron chi connectivity index (χ4n) is 2.70. The number of nitrogens with one attached hydrogen (secondary N) is 1. The van der Waals surface area contributed by atoms with E-state index < -0.39 is 0 Å². The SMILES string of the molecule is CCOC(=O)c1[nH]c2ccc(Br)cc2c1Sc1cc(C)cc(C)c1. The zero-order valence-electron chi connectivity index (χ0n) is 13.8. The number of hydrogen-bond donors (Lipinski definition) is 1. The maximum absolute atomic E-state index is 12.4. The first-order valence-corrected chi connectivity index (χ1v) is 9.33. The zero-order chi connectivity index (χ0) is 17.3. The van der Waals surface area contributed by atoms with Gasteiger partial charge in [0.25, 0.3) is 0 Å². The van der Waals surface area contributed by atoms with Crippen LogP contribution in [0.15, 0.2) is 50.7 Å². The van der Waals surface area contributed by atoms with E-state index in [1.807, 2.05) is 25.1 Å². The molecule has 0 saturated carbocycles. The Morgan fingerprint density at radius 3 is 2.54 bits per heavy atom.